The second-order valence-electron chi connectivity index (χ2n) is 5.62. The van der Waals surface area contributed by atoms with Crippen LogP contribution in [0.15, 0.2) is 18.2 Å². The van der Waals surface area contributed by atoms with Crippen molar-refractivity contribution in [3.8, 4) is 5.75 Å². The van der Waals surface area contributed by atoms with E-state index >= 15 is 0 Å². The normalized spacial score (nSPS) is 26.1. The van der Waals surface area contributed by atoms with Gasteiger partial charge in [0, 0.05) is 6.54 Å². The first-order valence-corrected chi connectivity index (χ1v) is 7.00. The number of halogens is 1. The first-order valence-electron chi connectivity index (χ1n) is 7.00. The molecular weight excluding hydrogens is 259 g/mol. The Hall–Kier alpha value is -1.62. The number of carbonyl (C=O) groups excluding carboxylic acids is 1. The number of hydrogen-bond donors (Lipinski definition) is 1. The minimum Gasteiger partial charge on any atom is -0.494 e. The molecule has 5 heteroatoms. The van der Waals surface area contributed by atoms with E-state index in [0.29, 0.717) is 5.92 Å². The van der Waals surface area contributed by atoms with E-state index in [4.69, 9.17) is 4.74 Å². The SMILES string of the molecule is COc1ccc(C2NC(C)C(=O)N2CC2CC2)cc1F. The number of ether oxygens (including phenoxy) is 1. The van der Waals surface area contributed by atoms with E-state index in [1.54, 1.807) is 6.07 Å². The van der Waals surface area contributed by atoms with Gasteiger partial charge >= 0.3 is 0 Å². The largest absolute Gasteiger partial charge is 0.494 e. The molecule has 0 bridgehead atoms. The van der Waals surface area contributed by atoms with Crippen molar-refractivity contribution < 1.29 is 13.9 Å². The third-order valence-electron chi connectivity index (χ3n) is 4.02. The van der Waals surface area contributed by atoms with Crippen molar-refractivity contribution in [1.29, 1.82) is 0 Å². The molecule has 108 valence electrons. The van der Waals surface area contributed by atoms with Crippen molar-refractivity contribution in [2.75, 3.05) is 13.7 Å². The van der Waals surface area contributed by atoms with Crippen LogP contribution in [0.3, 0.4) is 0 Å². The van der Waals surface area contributed by atoms with Crippen molar-refractivity contribution in [1.82, 2.24) is 10.2 Å². The highest BCUT2D eigenvalue weighted by atomic mass is 19.1. The lowest BCUT2D eigenvalue weighted by Crippen LogP contribution is -2.32. The zero-order valence-electron chi connectivity index (χ0n) is 11.7. The van der Waals surface area contributed by atoms with Crippen molar-refractivity contribution in [3.05, 3.63) is 29.6 Å². The van der Waals surface area contributed by atoms with E-state index in [1.807, 2.05) is 17.9 Å². The maximum atomic E-state index is 13.8. The molecule has 2 aliphatic rings. The Labute approximate surface area is 117 Å². The molecule has 2 unspecified atom stereocenters. The third kappa shape index (κ3) is 2.38. The summed E-state index contributed by atoms with van der Waals surface area (Å²) >= 11 is 0. The van der Waals surface area contributed by atoms with Gasteiger partial charge in [0.05, 0.1) is 13.2 Å². The molecule has 1 aromatic carbocycles. The van der Waals surface area contributed by atoms with Gasteiger partial charge in [0.1, 0.15) is 6.17 Å². The number of carbonyl (C=O) groups is 1. The van der Waals surface area contributed by atoms with Crippen LogP contribution >= 0.6 is 0 Å². The Balaban J connectivity index is 1.86. The fourth-order valence-electron chi connectivity index (χ4n) is 2.68. The van der Waals surface area contributed by atoms with Crippen LogP contribution in [0.5, 0.6) is 5.75 Å². The van der Waals surface area contributed by atoms with Crippen LogP contribution in [0.1, 0.15) is 31.5 Å². The Morgan fingerprint density at radius 2 is 2.20 bits per heavy atom. The lowest BCUT2D eigenvalue weighted by Gasteiger charge is -2.24. The Morgan fingerprint density at radius 1 is 1.45 bits per heavy atom. The number of nitrogens with one attached hydrogen (secondary N) is 1. The molecule has 2 atom stereocenters. The summed E-state index contributed by atoms with van der Waals surface area (Å²) in [6.07, 6.45) is 2.13. The molecule has 20 heavy (non-hydrogen) atoms. The van der Waals surface area contributed by atoms with Crippen molar-refractivity contribution in [3.63, 3.8) is 0 Å². The molecule has 1 saturated heterocycles. The minimum absolute atomic E-state index is 0.0955. The van der Waals surface area contributed by atoms with Crippen LogP contribution in [0.2, 0.25) is 0 Å². The summed E-state index contributed by atoms with van der Waals surface area (Å²) in [4.78, 5) is 14.0. The van der Waals surface area contributed by atoms with Gasteiger partial charge in [-0.3, -0.25) is 10.1 Å². The van der Waals surface area contributed by atoms with Gasteiger partial charge < -0.3 is 9.64 Å². The standard InChI is InChI=1S/C15H19FN2O2/c1-9-15(19)18(8-10-3-4-10)14(17-9)11-5-6-13(20-2)12(16)7-11/h5-7,9-10,14,17H,3-4,8H2,1-2H3. The summed E-state index contributed by atoms with van der Waals surface area (Å²) in [7, 11) is 1.44. The van der Waals surface area contributed by atoms with E-state index in [0.717, 1.165) is 12.1 Å². The predicted molar refractivity (Wildman–Crippen MR) is 72.7 cm³/mol. The smallest absolute Gasteiger partial charge is 0.241 e. The second-order valence-corrected chi connectivity index (χ2v) is 5.62. The summed E-state index contributed by atoms with van der Waals surface area (Å²) in [5, 5.41) is 3.24. The number of rotatable bonds is 4. The molecule has 2 fully saturated rings. The summed E-state index contributed by atoms with van der Waals surface area (Å²) in [6.45, 7) is 2.61. The number of hydrogen-bond acceptors (Lipinski definition) is 3. The molecule has 0 spiro atoms. The maximum absolute atomic E-state index is 13.8. The van der Waals surface area contributed by atoms with Gasteiger partial charge in [-0.2, -0.15) is 0 Å². The first kappa shape index (κ1) is 13.4. The maximum Gasteiger partial charge on any atom is 0.241 e. The molecule has 3 rings (SSSR count). The molecule has 0 radical (unpaired) electrons. The Bertz CT molecular complexity index is 531. The average molecular weight is 278 g/mol. The highest BCUT2D eigenvalue weighted by Crippen LogP contribution is 2.35. The van der Waals surface area contributed by atoms with E-state index in [-0.39, 0.29) is 23.9 Å². The zero-order chi connectivity index (χ0) is 14.3. The van der Waals surface area contributed by atoms with Crippen molar-refractivity contribution in [2.45, 2.75) is 32.0 Å². The molecule has 1 saturated carbocycles. The first-order chi connectivity index (χ1) is 9.60. The van der Waals surface area contributed by atoms with Gasteiger partial charge in [0.25, 0.3) is 0 Å². The number of benzene rings is 1. The van der Waals surface area contributed by atoms with Crippen LogP contribution in [-0.2, 0) is 4.79 Å². The predicted octanol–water partition coefficient (Wildman–Crippen LogP) is 2.06. The molecular formula is C15H19FN2O2. The lowest BCUT2D eigenvalue weighted by molar-refractivity contribution is -0.130. The summed E-state index contributed by atoms with van der Waals surface area (Å²) in [6, 6.07) is 4.64. The molecule has 1 amide bonds. The molecule has 1 N–H and O–H groups in total. The van der Waals surface area contributed by atoms with Gasteiger partial charge in [-0.15, -0.1) is 0 Å². The van der Waals surface area contributed by atoms with E-state index < -0.39 is 5.82 Å². The van der Waals surface area contributed by atoms with Gasteiger partial charge in [-0.25, -0.2) is 4.39 Å². The van der Waals surface area contributed by atoms with Crippen LogP contribution in [0.4, 0.5) is 4.39 Å². The third-order valence-corrected chi connectivity index (χ3v) is 4.02. The van der Waals surface area contributed by atoms with Crippen LogP contribution < -0.4 is 10.1 Å². The molecule has 1 aliphatic carbocycles. The number of nitrogens with zero attached hydrogens (tertiary/aromatic N) is 1. The van der Waals surface area contributed by atoms with Gasteiger partial charge in [0.15, 0.2) is 11.6 Å². The Morgan fingerprint density at radius 3 is 2.80 bits per heavy atom. The van der Waals surface area contributed by atoms with E-state index in [1.165, 1.54) is 26.0 Å². The zero-order valence-corrected chi connectivity index (χ0v) is 11.7. The highest BCUT2D eigenvalue weighted by molar-refractivity contribution is 5.84. The van der Waals surface area contributed by atoms with Crippen LogP contribution in [0.25, 0.3) is 0 Å². The molecule has 1 aromatic rings. The lowest BCUT2D eigenvalue weighted by atomic mass is 10.1. The molecule has 0 aromatic heterocycles. The summed E-state index contributed by atoms with van der Waals surface area (Å²) < 4.78 is 18.8. The quantitative estimate of drug-likeness (QED) is 0.916. The summed E-state index contributed by atoms with van der Waals surface area (Å²) in [5.74, 6) is 0.528. The van der Waals surface area contributed by atoms with Crippen LogP contribution in [0, 0.1) is 11.7 Å². The average Bonchev–Trinajstić information content (AvgIpc) is 3.20. The number of methoxy groups -OCH3 is 1. The van der Waals surface area contributed by atoms with E-state index in [2.05, 4.69) is 5.32 Å². The molecule has 1 aliphatic heterocycles. The molecule has 4 nitrogen and oxygen atoms in total. The van der Waals surface area contributed by atoms with Gasteiger partial charge in [-0.1, -0.05) is 6.07 Å². The Kier molecular flexibility index (Phi) is 3.38. The minimum atomic E-state index is -0.398. The fraction of sp³-hybridized carbons (Fsp3) is 0.533. The molecule has 1 heterocycles. The highest BCUT2D eigenvalue weighted by Gasteiger charge is 2.40. The fourth-order valence-corrected chi connectivity index (χ4v) is 2.68. The van der Waals surface area contributed by atoms with Gasteiger partial charge in [-0.05, 0) is 43.4 Å². The van der Waals surface area contributed by atoms with E-state index in [9.17, 15) is 9.18 Å². The topological polar surface area (TPSA) is 41.6 Å². The van der Waals surface area contributed by atoms with Crippen molar-refractivity contribution >= 4 is 5.91 Å². The second kappa shape index (κ2) is 5.05. The van der Waals surface area contributed by atoms with Crippen LogP contribution in [-0.4, -0.2) is 30.5 Å². The summed E-state index contributed by atoms with van der Waals surface area (Å²) in [5.41, 5.74) is 0.765. The van der Waals surface area contributed by atoms with Crippen molar-refractivity contribution in [2.24, 2.45) is 5.92 Å². The van der Waals surface area contributed by atoms with Gasteiger partial charge in [0.2, 0.25) is 5.91 Å². The number of amides is 1. The monoisotopic (exact) mass is 278 g/mol.